The van der Waals surface area contributed by atoms with Crippen LogP contribution in [0.3, 0.4) is 0 Å². The van der Waals surface area contributed by atoms with Crippen LogP contribution in [0, 0.1) is 0 Å². The Kier molecular flexibility index (Phi) is 1.41. The molecule has 2 nitrogen and oxygen atoms in total. The summed E-state index contributed by atoms with van der Waals surface area (Å²) in [5, 5.41) is 0. The molecular formula is C9H12O2. The van der Waals surface area contributed by atoms with Gasteiger partial charge in [-0.3, -0.25) is 0 Å². The fourth-order valence-electron chi connectivity index (χ4n) is 1.53. The molecule has 0 saturated heterocycles. The van der Waals surface area contributed by atoms with Crippen LogP contribution in [-0.4, -0.2) is 12.2 Å². The maximum atomic E-state index is 5.44. The van der Waals surface area contributed by atoms with Crippen LogP contribution in [-0.2, 0) is 9.47 Å². The first kappa shape index (κ1) is 6.77. The Labute approximate surface area is 66.5 Å². The minimum absolute atomic E-state index is 0.171. The van der Waals surface area contributed by atoms with Gasteiger partial charge in [-0.1, -0.05) is 6.92 Å². The molecular weight excluding hydrogens is 140 g/mol. The highest BCUT2D eigenvalue weighted by Crippen LogP contribution is 2.33. The van der Waals surface area contributed by atoms with Crippen LogP contribution in [0.5, 0.6) is 0 Å². The minimum Gasteiger partial charge on any atom is -0.489 e. The van der Waals surface area contributed by atoms with Crippen LogP contribution in [0.25, 0.3) is 0 Å². The van der Waals surface area contributed by atoms with Crippen molar-refractivity contribution in [2.24, 2.45) is 0 Å². The summed E-state index contributed by atoms with van der Waals surface area (Å²) in [7, 11) is 0. The van der Waals surface area contributed by atoms with E-state index in [0.29, 0.717) is 0 Å². The van der Waals surface area contributed by atoms with E-state index in [9.17, 15) is 0 Å². The monoisotopic (exact) mass is 152 g/mol. The largest absolute Gasteiger partial charge is 0.489 e. The van der Waals surface area contributed by atoms with Gasteiger partial charge in [0.15, 0.2) is 12.2 Å². The Morgan fingerprint density at radius 2 is 2.00 bits per heavy atom. The molecule has 11 heavy (non-hydrogen) atoms. The van der Waals surface area contributed by atoms with Crippen molar-refractivity contribution < 1.29 is 9.47 Å². The van der Waals surface area contributed by atoms with E-state index in [1.165, 1.54) is 11.1 Å². The molecule has 2 heterocycles. The molecule has 2 atom stereocenters. The first-order valence-electron chi connectivity index (χ1n) is 3.99. The molecule has 2 rings (SSSR count). The highest BCUT2D eigenvalue weighted by Gasteiger charge is 2.37. The van der Waals surface area contributed by atoms with Crippen LogP contribution in [0.4, 0.5) is 0 Å². The molecule has 2 unspecified atom stereocenters. The highest BCUT2D eigenvalue weighted by molar-refractivity contribution is 5.25. The van der Waals surface area contributed by atoms with E-state index >= 15 is 0 Å². The average molecular weight is 152 g/mol. The van der Waals surface area contributed by atoms with Gasteiger partial charge in [-0.05, 0) is 13.3 Å². The molecule has 2 aliphatic rings. The van der Waals surface area contributed by atoms with Crippen molar-refractivity contribution in [3.05, 3.63) is 23.7 Å². The van der Waals surface area contributed by atoms with Crippen molar-refractivity contribution in [3.8, 4) is 0 Å². The molecule has 2 aliphatic heterocycles. The van der Waals surface area contributed by atoms with E-state index in [1.54, 1.807) is 6.26 Å². The maximum Gasteiger partial charge on any atom is 0.163 e. The van der Waals surface area contributed by atoms with E-state index in [0.717, 1.165) is 6.42 Å². The molecule has 0 radical (unpaired) electrons. The second kappa shape index (κ2) is 2.29. The quantitative estimate of drug-likeness (QED) is 0.572. The van der Waals surface area contributed by atoms with Crippen molar-refractivity contribution in [3.63, 3.8) is 0 Å². The number of ether oxygens (including phenoxy) is 2. The predicted octanol–water partition coefficient (Wildman–Crippen LogP) is 1.98. The molecule has 0 N–H and O–H groups in total. The first-order chi connectivity index (χ1) is 5.33. The second-order valence-corrected chi connectivity index (χ2v) is 3.02. The fraction of sp³-hybridized carbons (Fsp3) is 0.556. The SMILES string of the molecule is CCC1=COC2C(C)=COC12. The third-order valence-electron chi connectivity index (χ3n) is 2.26. The Morgan fingerprint density at radius 3 is 2.73 bits per heavy atom. The number of hydrogen-bond acceptors (Lipinski definition) is 2. The summed E-state index contributed by atoms with van der Waals surface area (Å²) in [6.07, 6.45) is 5.01. The Morgan fingerprint density at radius 1 is 1.27 bits per heavy atom. The molecule has 0 bridgehead atoms. The van der Waals surface area contributed by atoms with Gasteiger partial charge in [0.2, 0.25) is 0 Å². The number of rotatable bonds is 1. The molecule has 0 fully saturated rings. The molecule has 0 aromatic rings. The summed E-state index contributed by atoms with van der Waals surface area (Å²) in [5.74, 6) is 0. The smallest absolute Gasteiger partial charge is 0.163 e. The van der Waals surface area contributed by atoms with Gasteiger partial charge in [0.05, 0.1) is 12.5 Å². The van der Waals surface area contributed by atoms with Gasteiger partial charge >= 0.3 is 0 Å². The molecule has 0 amide bonds. The predicted molar refractivity (Wildman–Crippen MR) is 41.9 cm³/mol. The van der Waals surface area contributed by atoms with E-state index in [4.69, 9.17) is 9.47 Å². The number of hydrogen-bond donors (Lipinski definition) is 0. The first-order valence-corrected chi connectivity index (χ1v) is 3.99. The van der Waals surface area contributed by atoms with Gasteiger partial charge in [0.1, 0.15) is 0 Å². The molecule has 0 aliphatic carbocycles. The zero-order valence-electron chi connectivity index (χ0n) is 6.83. The Bertz CT molecular complexity index is 228. The van der Waals surface area contributed by atoms with E-state index < -0.39 is 0 Å². The van der Waals surface area contributed by atoms with Crippen LogP contribution < -0.4 is 0 Å². The zero-order chi connectivity index (χ0) is 7.84. The van der Waals surface area contributed by atoms with E-state index in [2.05, 4.69) is 6.92 Å². The lowest BCUT2D eigenvalue weighted by Gasteiger charge is -2.11. The molecule has 0 spiro atoms. The molecule has 0 aromatic heterocycles. The van der Waals surface area contributed by atoms with Gasteiger partial charge in [0.25, 0.3) is 0 Å². The normalized spacial score (nSPS) is 33.6. The third kappa shape index (κ3) is 0.854. The van der Waals surface area contributed by atoms with Crippen LogP contribution in [0.2, 0.25) is 0 Å². The standard InChI is InChI=1S/C9H12O2/c1-3-7-5-11-8-6(2)4-10-9(7)8/h4-5,8-9H,3H2,1-2H3. The lowest BCUT2D eigenvalue weighted by atomic mass is 10.0. The van der Waals surface area contributed by atoms with Crippen molar-refractivity contribution in [2.75, 3.05) is 0 Å². The Balaban J connectivity index is 2.16. The average Bonchev–Trinajstić information content (AvgIpc) is 2.53. The summed E-state index contributed by atoms with van der Waals surface area (Å²) >= 11 is 0. The molecule has 0 saturated carbocycles. The second-order valence-electron chi connectivity index (χ2n) is 3.02. The topological polar surface area (TPSA) is 18.5 Å². The highest BCUT2D eigenvalue weighted by atomic mass is 16.6. The van der Waals surface area contributed by atoms with Crippen LogP contribution >= 0.6 is 0 Å². The summed E-state index contributed by atoms with van der Waals surface area (Å²) in [4.78, 5) is 0. The van der Waals surface area contributed by atoms with Gasteiger partial charge < -0.3 is 9.47 Å². The van der Waals surface area contributed by atoms with Crippen molar-refractivity contribution in [1.29, 1.82) is 0 Å². The van der Waals surface area contributed by atoms with Crippen LogP contribution in [0.15, 0.2) is 23.7 Å². The van der Waals surface area contributed by atoms with E-state index in [-0.39, 0.29) is 12.2 Å². The summed E-state index contributed by atoms with van der Waals surface area (Å²) in [6.45, 7) is 4.16. The fourth-order valence-corrected chi connectivity index (χ4v) is 1.53. The summed E-state index contributed by atoms with van der Waals surface area (Å²) < 4.78 is 10.9. The van der Waals surface area contributed by atoms with Gasteiger partial charge in [-0.25, -0.2) is 0 Å². The molecule has 2 heteroatoms. The summed E-state index contributed by atoms with van der Waals surface area (Å²) in [5.41, 5.74) is 2.46. The van der Waals surface area contributed by atoms with Crippen molar-refractivity contribution >= 4 is 0 Å². The van der Waals surface area contributed by atoms with E-state index in [1.807, 2.05) is 13.2 Å². The lowest BCUT2D eigenvalue weighted by molar-refractivity contribution is 0.103. The van der Waals surface area contributed by atoms with Crippen molar-refractivity contribution in [2.45, 2.75) is 32.5 Å². The summed E-state index contributed by atoms with van der Waals surface area (Å²) in [6, 6.07) is 0. The third-order valence-corrected chi connectivity index (χ3v) is 2.26. The lowest BCUT2D eigenvalue weighted by Crippen LogP contribution is -2.21. The van der Waals surface area contributed by atoms with Crippen LogP contribution in [0.1, 0.15) is 20.3 Å². The van der Waals surface area contributed by atoms with Crippen molar-refractivity contribution in [1.82, 2.24) is 0 Å². The van der Waals surface area contributed by atoms with Gasteiger partial charge in [-0.2, -0.15) is 0 Å². The van der Waals surface area contributed by atoms with Gasteiger partial charge in [0, 0.05) is 11.1 Å². The molecule has 0 aromatic carbocycles. The Hall–Kier alpha value is -0.920. The zero-order valence-corrected chi connectivity index (χ0v) is 6.83. The number of fused-ring (bicyclic) bond motifs is 1. The molecule has 60 valence electrons. The van der Waals surface area contributed by atoms with Gasteiger partial charge in [-0.15, -0.1) is 0 Å². The maximum absolute atomic E-state index is 5.44. The minimum atomic E-state index is 0.171.